The van der Waals surface area contributed by atoms with E-state index in [1.807, 2.05) is 12.1 Å². The molecule has 0 amide bonds. The lowest BCUT2D eigenvalue weighted by Gasteiger charge is -2.10. The summed E-state index contributed by atoms with van der Waals surface area (Å²) in [6.07, 6.45) is 3.64. The largest absolute Gasteiger partial charge is 0.469 e. The minimum atomic E-state index is 0.352. The van der Waals surface area contributed by atoms with Gasteiger partial charge in [0, 0.05) is 12.5 Å². The first-order chi connectivity index (χ1) is 7.74. The van der Waals surface area contributed by atoms with E-state index in [0.717, 1.165) is 27.7 Å². The normalized spacial score (nSPS) is 12.6. The molecule has 1 N–H and O–H groups in total. The van der Waals surface area contributed by atoms with Gasteiger partial charge in [0.15, 0.2) is 3.92 Å². The van der Waals surface area contributed by atoms with E-state index in [-0.39, 0.29) is 0 Å². The van der Waals surface area contributed by atoms with E-state index >= 15 is 0 Å². The van der Waals surface area contributed by atoms with Crippen LogP contribution in [0.1, 0.15) is 19.1 Å². The van der Waals surface area contributed by atoms with Crippen LogP contribution in [0.4, 0.5) is 5.13 Å². The second-order valence-corrected chi connectivity index (χ2v) is 5.78. The first kappa shape index (κ1) is 11.6. The number of halogens is 1. The molecular weight excluding hydrogens is 290 g/mol. The van der Waals surface area contributed by atoms with Gasteiger partial charge in [0.2, 0.25) is 5.13 Å². The number of nitrogens with zero attached hydrogens (tertiary/aromatic N) is 2. The van der Waals surface area contributed by atoms with Gasteiger partial charge in [-0.25, -0.2) is 0 Å². The van der Waals surface area contributed by atoms with Crippen LogP contribution in [0.15, 0.2) is 26.7 Å². The van der Waals surface area contributed by atoms with E-state index in [1.165, 1.54) is 11.3 Å². The molecule has 0 aliphatic rings. The summed E-state index contributed by atoms with van der Waals surface area (Å²) in [7, 11) is 0. The zero-order valence-corrected chi connectivity index (χ0v) is 11.2. The number of anilines is 1. The van der Waals surface area contributed by atoms with Crippen molar-refractivity contribution in [2.45, 2.75) is 25.8 Å². The predicted molar refractivity (Wildman–Crippen MR) is 67.7 cm³/mol. The summed E-state index contributed by atoms with van der Waals surface area (Å²) in [5, 5.41) is 12.0. The highest BCUT2D eigenvalue weighted by atomic mass is 79.9. The fourth-order valence-electron chi connectivity index (χ4n) is 1.36. The van der Waals surface area contributed by atoms with Crippen LogP contribution in [0.3, 0.4) is 0 Å². The quantitative estimate of drug-likeness (QED) is 0.920. The molecule has 86 valence electrons. The van der Waals surface area contributed by atoms with Crippen molar-refractivity contribution in [3.8, 4) is 0 Å². The molecule has 2 aromatic heterocycles. The first-order valence-corrected chi connectivity index (χ1v) is 6.63. The molecule has 4 nitrogen and oxygen atoms in total. The Morgan fingerprint density at radius 3 is 3.06 bits per heavy atom. The molecule has 0 spiro atoms. The van der Waals surface area contributed by atoms with Gasteiger partial charge in [0.25, 0.3) is 0 Å². The van der Waals surface area contributed by atoms with Crippen molar-refractivity contribution in [1.82, 2.24) is 10.2 Å². The zero-order chi connectivity index (χ0) is 11.4. The summed E-state index contributed by atoms with van der Waals surface area (Å²) < 4.78 is 6.08. The van der Waals surface area contributed by atoms with Crippen LogP contribution in [0.5, 0.6) is 0 Å². The number of aryl methyl sites for hydroxylation is 1. The minimum Gasteiger partial charge on any atom is -0.469 e. The van der Waals surface area contributed by atoms with Crippen LogP contribution in [-0.2, 0) is 6.42 Å². The van der Waals surface area contributed by atoms with Crippen LogP contribution >= 0.6 is 27.3 Å². The fourth-order valence-corrected chi connectivity index (χ4v) is 2.48. The third kappa shape index (κ3) is 3.31. The van der Waals surface area contributed by atoms with Crippen LogP contribution in [0.2, 0.25) is 0 Å². The minimum absolute atomic E-state index is 0.352. The Bertz CT molecular complexity index is 429. The Morgan fingerprint density at radius 2 is 2.44 bits per heavy atom. The summed E-state index contributed by atoms with van der Waals surface area (Å²) in [4.78, 5) is 0. The lowest BCUT2D eigenvalue weighted by Crippen LogP contribution is -2.15. The Labute approximate surface area is 106 Å². The Kier molecular flexibility index (Phi) is 3.95. The lowest BCUT2D eigenvalue weighted by atomic mass is 10.1. The highest BCUT2D eigenvalue weighted by Gasteiger charge is 2.07. The van der Waals surface area contributed by atoms with Crippen molar-refractivity contribution >= 4 is 32.4 Å². The second kappa shape index (κ2) is 5.45. The van der Waals surface area contributed by atoms with Crippen LogP contribution in [0, 0.1) is 0 Å². The molecule has 0 saturated heterocycles. The van der Waals surface area contributed by atoms with Crippen molar-refractivity contribution in [1.29, 1.82) is 0 Å². The molecule has 0 aliphatic carbocycles. The van der Waals surface area contributed by atoms with Crippen molar-refractivity contribution in [2.24, 2.45) is 0 Å². The summed E-state index contributed by atoms with van der Waals surface area (Å²) in [6.45, 7) is 2.12. The molecule has 6 heteroatoms. The van der Waals surface area contributed by atoms with Crippen molar-refractivity contribution < 1.29 is 4.42 Å². The molecule has 1 unspecified atom stereocenters. The number of rotatable bonds is 5. The molecule has 2 heterocycles. The standard InChI is InChI=1S/C10H12BrN3OS/c1-7(4-5-8-3-2-6-15-8)12-10-14-13-9(11)16-10/h2-3,6-7H,4-5H2,1H3,(H,12,14). The topological polar surface area (TPSA) is 51.0 Å². The van der Waals surface area contributed by atoms with Crippen molar-refractivity contribution in [2.75, 3.05) is 5.32 Å². The van der Waals surface area contributed by atoms with Gasteiger partial charge in [-0.1, -0.05) is 11.3 Å². The predicted octanol–water partition coefficient (Wildman–Crippen LogP) is 3.33. The Hall–Kier alpha value is -0.880. The Balaban J connectivity index is 1.78. The summed E-state index contributed by atoms with van der Waals surface area (Å²) in [6, 6.07) is 4.26. The van der Waals surface area contributed by atoms with Gasteiger partial charge in [-0.15, -0.1) is 10.2 Å². The maximum absolute atomic E-state index is 5.28. The smallest absolute Gasteiger partial charge is 0.206 e. The second-order valence-electron chi connectivity index (χ2n) is 3.52. The first-order valence-electron chi connectivity index (χ1n) is 5.02. The van der Waals surface area contributed by atoms with Gasteiger partial charge in [-0.3, -0.25) is 0 Å². The van der Waals surface area contributed by atoms with Crippen molar-refractivity contribution in [3.63, 3.8) is 0 Å². The average molecular weight is 302 g/mol. The summed E-state index contributed by atoms with van der Waals surface area (Å²) >= 11 is 4.78. The molecule has 0 aromatic carbocycles. The van der Waals surface area contributed by atoms with Gasteiger partial charge in [-0.05, 0) is 41.4 Å². The Morgan fingerprint density at radius 1 is 1.56 bits per heavy atom. The SMILES string of the molecule is CC(CCc1ccco1)Nc1nnc(Br)s1. The fraction of sp³-hybridized carbons (Fsp3) is 0.400. The van der Waals surface area contributed by atoms with Gasteiger partial charge < -0.3 is 9.73 Å². The van der Waals surface area contributed by atoms with E-state index in [9.17, 15) is 0 Å². The van der Waals surface area contributed by atoms with E-state index in [0.29, 0.717) is 6.04 Å². The molecule has 2 rings (SSSR count). The van der Waals surface area contributed by atoms with Gasteiger partial charge in [0.1, 0.15) is 5.76 Å². The van der Waals surface area contributed by atoms with Crippen molar-refractivity contribution in [3.05, 3.63) is 28.1 Å². The van der Waals surface area contributed by atoms with Gasteiger partial charge in [-0.2, -0.15) is 0 Å². The lowest BCUT2D eigenvalue weighted by molar-refractivity contribution is 0.495. The highest BCUT2D eigenvalue weighted by Crippen LogP contribution is 2.21. The number of nitrogens with one attached hydrogen (secondary N) is 1. The van der Waals surface area contributed by atoms with Gasteiger partial charge in [0.05, 0.1) is 6.26 Å². The highest BCUT2D eigenvalue weighted by molar-refractivity contribution is 9.11. The number of hydrogen-bond acceptors (Lipinski definition) is 5. The van der Waals surface area contributed by atoms with E-state index in [4.69, 9.17) is 4.42 Å². The van der Waals surface area contributed by atoms with Crippen LogP contribution in [0.25, 0.3) is 0 Å². The molecule has 0 bridgehead atoms. The molecule has 0 fully saturated rings. The molecular formula is C10H12BrN3OS. The molecule has 0 saturated carbocycles. The van der Waals surface area contributed by atoms with Crippen LogP contribution < -0.4 is 5.32 Å². The van der Waals surface area contributed by atoms with Crippen LogP contribution in [-0.4, -0.2) is 16.2 Å². The van der Waals surface area contributed by atoms with E-state index in [1.54, 1.807) is 6.26 Å². The molecule has 2 aromatic rings. The maximum Gasteiger partial charge on any atom is 0.206 e. The zero-order valence-electron chi connectivity index (χ0n) is 8.81. The summed E-state index contributed by atoms with van der Waals surface area (Å²) in [5.41, 5.74) is 0. The third-order valence-electron chi connectivity index (χ3n) is 2.17. The van der Waals surface area contributed by atoms with E-state index in [2.05, 4.69) is 38.4 Å². The summed E-state index contributed by atoms with van der Waals surface area (Å²) in [5.74, 6) is 1.02. The average Bonchev–Trinajstić information content (AvgIpc) is 2.87. The number of aromatic nitrogens is 2. The van der Waals surface area contributed by atoms with E-state index < -0.39 is 0 Å². The number of furan rings is 1. The molecule has 0 aliphatic heterocycles. The van der Waals surface area contributed by atoms with Gasteiger partial charge >= 0.3 is 0 Å². The third-order valence-corrected chi connectivity index (χ3v) is 3.46. The molecule has 1 atom stereocenters. The molecule has 0 radical (unpaired) electrons. The maximum atomic E-state index is 5.28. The number of hydrogen-bond donors (Lipinski definition) is 1. The monoisotopic (exact) mass is 301 g/mol. The molecule has 16 heavy (non-hydrogen) atoms.